The normalized spacial score (nSPS) is 27.2. The van der Waals surface area contributed by atoms with Crippen molar-refractivity contribution in [2.24, 2.45) is 23.7 Å². The van der Waals surface area contributed by atoms with E-state index in [-0.39, 0.29) is 35.6 Å². The van der Waals surface area contributed by atoms with Gasteiger partial charge in [0.2, 0.25) is 11.8 Å². The minimum Gasteiger partial charge on any atom is -0.508 e. The van der Waals surface area contributed by atoms with Gasteiger partial charge in [-0.2, -0.15) is 0 Å². The number of hydrogen-bond acceptors (Lipinski definition) is 6. The van der Waals surface area contributed by atoms with E-state index in [0.29, 0.717) is 46.0 Å². The number of ketones is 2. The summed E-state index contributed by atoms with van der Waals surface area (Å²) in [7, 11) is 0. The molecular weight excluding hydrogens is 530 g/mol. The molecule has 0 aromatic heterocycles. The standard InChI is InChI=1S/C32H24ClNO6/c1-15-10-25(36)24-13-23-21(7-8-22-28(23)32(39)34(31(22)38)19-4-2-18(33)3-5-19)27(29(24)30(15)37)17-11-16-12-20(35)6-9-26(16)40-14-17/h2-7,9-10,12,14,22-23,27-28,35H,8,11,13H2,1H3/t22-,23+,27-,28-/m0/s1. The average Bonchev–Trinajstić information content (AvgIpc) is 3.20. The van der Waals surface area contributed by atoms with Crippen molar-refractivity contribution >= 4 is 40.7 Å². The molecule has 1 fully saturated rings. The number of fused-ring (bicyclic) bond motifs is 4. The molecule has 7 rings (SSSR count). The maximum Gasteiger partial charge on any atom is 0.238 e. The number of allylic oxidation sites excluding steroid dienone is 7. The SMILES string of the molecule is CC1=CC(=O)C2=C(C1=O)[C@@H](C1=COc3ccc(O)cc3C1)C1=CC[C@@H]3C(=O)N(c4ccc(Cl)cc4)C(=O)[C@@H]3[C@@H]1C2. The maximum absolute atomic E-state index is 13.9. The number of aromatic hydroxyl groups is 1. The van der Waals surface area contributed by atoms with Crippen LogP contribution in [0.3, 0.4) is 0 Å². The smallest absolute Gasteiger partial charge is 0.238 e. The van der Waals surface area contributed by atoms with Crippen molar-refractivity contribution < 1.29 is 29.0 Å². The van der Waals surface area contributed by atoms with Gasteiger partial charge in [-0.3, -0.25) is 24.1 Å². The second-order valence-corrected chi connectivity index (χ2v) is 11.4. The summed E-state index contributed by atoms with van der Waals surface area (Å²) >= 11 is 6.04. The molecule has 200 valence electrons. The van der Waals surface area contributed by atoms with Crippen LogP contribution < -0.4 is 9.64 Å². The Morgan fingerprint density at radius 1 is 1.00 bits per heavy atom. The Bertz CT molecular complexity index is 1680. The van der Waals surface area contributed by atoms with Gasteiger partial charge >= 0.3 is 0 Å². The number of carbonyl (C=O) groups is 4. The molecule has 7 nitrogen and oxygen atoms in total. The molecule has 5 aliphatic rings. The number of anilines is 1. The lowest BCUT2D eigenvalue weighted by Gasteiger charge is -2.43. The van der Waals surface area contributed by atoms with Crippen molar-refractivity contribution in [1.29, 1.82) is 0 Å². The molecule has 2 aromatic carbocycles. The van der Waals surface area contributed by atoms with E-state index in [4.69, 9.17) is 16.3 Å². The molecule has 3 aliphatic carbocycles. The molecule has 2 aliphatic heterocycles. The summed E-state index contributed by atoms with van der Waals surface area (Å²) < 4.78 is 5.93. The molecule has 0 bridgehead atoms. The molecule has 0 spiro atoms. The van der Waals surface area contributed by atoms with Crippen LogP contribution in [0.15, 0.2) is 88.7 Å². The lowest BCUT2D eigenvalue weighted by molar-refractivity contribution is -0.123. The van der Waals surface area contributed by atoms with Crippen molar-refractivity contribution in [1.82, 2.24) is 0 Å². The number of phenolic OH excluding ortho intramolecular Hbond substituents is 1. The van der Waals surface area contributed by atoms with Gasteiger partial charge in [-0.05, 0) is 79.8 Å². The first-order valence-electron chi connectivity index (χ1n) is 13.2. The van der Waals surface area contributed by atoms with Gasteiger partial charge in [-0.15, -0.1) is 0 Å². The third-order valence-electron chi connectivity index (χ3n) is 8.80. The lowest BCUT2D eigenvalue weighted by Crippen LogP contribution is -2.41. The number of phenols is 1. The highest BCUT2D eigenvalue weighted by Crippen LogP contribution is 2.55. The van der Waals surface area contributed by atoms with Crippen LogP contribution in [0.2, 0.25) is 5.02 Å². The van der Waals surface area contributed by atoms with Crippen LogP contribution in [-0.4, -0.2) is 28.5 Å². The van der Waals surface area contributed by atoms with E-state index in [1.807, 2.05) is 6.08 Å². The second-order valence-electron chi connectivity index (χ2n) is 11.0. The van der Waals surface area contributed by atoms with E-state index in [0.717, 1.165) is 16.7 Å². The van der Waals surface area contributed by atoms with Crippen molar-refractivity contribution in [2.45, 2.75) is 26.2 Å². The molecule has 40 heavy (non-hydrogen) atoms. The number of benzene rings is 2. The Kier molecular flexibility index (Phi) is 5.51. The third kappa shape index (κ3) is 3.57. The van der Waals surface area contributed by atoms with E-state index in [9.17, 15) is 24.3 Å². The number of halogens is 1. The van der Waals surface area contributed by atoms with Crippen molar-refractivity contribution in [3.8, 4) is 11.5 Å². The van der Waals surface area contributed by atoms with E-state index in [1.54, 1.807) is 55.7 Å². The van der Waals surface area contributed by atoms with Gasteiger partial charge in [0.15, 0.2) is 11.6 Å². The topological polar surface area (TPSA) is 101 Å². The fourth-order valence-corrected chi connectivity index (χ4v) is 7.14. The van der Waals surface area contributed by atoms with Gasteiger partial charge in [0.05, 0.1) is 23.8 Å². The van der Waals surface area contributed by atoms with Gasteiger partial charge in [-0.1, -0.05) is 23.3 Å². The first-order chi connectivity index (χ1) is 19.2. The van der Waals surface area contributed by atoms with Crippen molar-refractivity contribution in [3.05, 3.63) is 99.3 Å². The second kappa shape index (κ2) is 8.89. The van der Waals surface area contributed by atoms with Gasteiger partial charge in [0.1, 0.15) is 11.5 Å². The van der Waals surface area contributed by atoms with Gasteiger partial charge in [0.25, 0.3) is 0 Å². The Balaban J connectivity index is 1.33. The Morgan fingerprint density at radius 2 is 1.77 bits per heavy atom. The molecule has 2 heterocycles. The zero-order chi connectivity index (χ0) is 27.9. The Morgan fingerprint density at radius 3 is 2.55 bits per heavy atom. The highest BCUT2D eigenvalue weighted by Gasteiger charge is 2.57. The molecule has 0 saturated carbocycles. The van der Waals surface area contributed by atoms with E-state index < -0.39 is 23.7 Å². The minimum absolute atomic E-state index is 0.102. The molecule has 8 heteroatoms. The number of nitrogens with zero attached hydrogens (tertiary/aromatic N) is 1. The third-order valence-corrected chi connectivity index (χ3v) is 9.05. The number of rotatable bonds is 2. The summed E-state index contributed by atoms with van der Waals surface area (Å²) in [5, 5.41) is 10.6. The molecule has 1 N–H and O–H groups in total. The predicted octanol–water partition coefficient (Wildman–Crippen LogP) is 5.03. The minimum atomic E-state index is -0.656. The Labute approximate surface area is 235 Å². The quantitative estimate of drug-likeness (QED) is 0.318. The highest BCUT2D eigenvalue weighted by molar-refractivity contribution is 6.31. The molecule has 1 saturated heterocycles. The predicted molar refractivity (Wildman–Crippen MR) is 147 cm³/mol. The van der Waals surface area contributed by atoms with Crippen LogP contribution in [0.4, 0.5) is 5.69 Å². The zero-order valence-electron chi connectivity index (χ0n) is 21.5. The fourth-order valence-electron chi connectivity index (χ4n) is 7.02. The van der Waals surface area contributed by atoms with Crippen LogP contribution in [0.1, 0.15) is 25.3 Å². The van der Waals surface area contributed by atoms with Gasteiger partial charge < -0.3 is 9.84 Å². The van der Waals surface area contributed by atoms with E-state index >= 15 is 0 Å². The van der Waals surface area contributed by atoms with Crippen LogP contribution in [0.25, 0.3) is 0 Å². The highest BCUT2D eigenvalue weighted by atomic mass is 35.5. The van der Waals surface area contributed by atoms with E-state index in [1.165, 1.54) is 11.0 Å². The number of amides is 2. The molecule has 0 radical (unpaired) electrons. The fraction of sp³-hybridized carbons (Fsp3) is 0.250. The number of Topliss-reactive ketones (excluding diaryl/α,β-unsaturated/α-hetero) is 1. The lowest BCUT2D eigenvalue weighted by atomic mass is 9.58. The molecule has 2 aromatic rings. The monoisotopic (exact) mass is 553 g/mol. The van der Waals surface area contributed by atoms with Crippen LogP contribution in [0.5, 0.6) is 11.5 Å². The first kappa shape index (κ1) is 24.8. The average molecular weight is 554 g/mol. The van der Waals surface area contributed by atoms with Gasteiger partial charge in [0, 0.05) is 39.6 Å². The number of hydrogen-bond donors (Lipinski definition) is 1. The molecule has 2 amide bonds. The van der Waals surface area contributed by atoms with Gasteiger partial charge in [-0.25, -0.2) is 0 Å². The van der Waals surface area contributed by atoms with Crippen molar-refractivity contribution in [2.75, 3.05) is 4.90 Å². The maximum atomic E-state index is 13.9. The zero-order valence-corrected chi connectivity index (χ0v) is 22.3. The summed E-state index contributed by atoms with van der Waals surface area (Å²) in [5.74, 6) is -2.50. The molecule has 4 atom stereocenters. The van der Waals surface area contributed by atoms with Crippen LogP contribution in [-0.2, 0) is 25.6 Å². The number of imide groups is 1. The number of carbonyl (C=O) groups excluding carboxylic acids is 4. The summed E-state index contributed by atoms with van der Waals surface area (Å²) in [5.41, 5.74) is 4.06. The van der Waals surface area contributed by atoms with Crippen LogP contribution in [0, 0.1) is 23.7 Å². The molecule has 0 unspecified atom stereocenters. The van der Waals surface area contributed by atoms with Crippen LogP contribution >= 0.6 is 11.6 Å². The summed E-state index contributed by atoms with van der Waals surface area (Å²) in [4.78, 5) is 55.6. The summed E-state index contributed by atoms with van der Waals surface area (Å²) in [6, 6.07) is 11.5. The van der Waals surface area contributed by atoms with Crippen molar-refractivity contribution in [3.63, 3.8) is 0 Å². The number of ether oxygens (including phenoxy) is 1. The molecular formula is C32H24ClNO6. The van der Waals surface area contributed by atoms with E-state index in [2.05, 4.69) is 0 Å². The summed E-state index contributed by atoms with van der Waals surface area (Å²) in [6.45, 7) is 1.64. The Hall–Kier alpha value is -4.23. The first-order valence-corrected chi connectivity index (χ1v) is 13.6. The largest absolute Gasteiger partial charge is 0.508 e. The summed E-state index contributed by atoms with van der Waals surface area (Å²) in [6.07, 6.45) is 5.95.